The summed E-state index contributed by atoms with van der Waals surface area (Å²) < 4.78 is 76.2. The second-order valence-corrected chi connectivity index (χ2v) is 9.26. The fraction of sp³-hybridized carbons (Fsp3) is 0.450. The normalized spacial score (nSPS) is 19.1. The molecule has 0 bridgehead atoms. The Kier molecular flexibility index (Phi) is 6.29. The lowest BCUT2D eigenvalue weighted by atomic mass is 10.1. The van der Waals surface area contributed by atoms with Gasteiger partial charge >= 0.3 is 21.6 Å². The van der Waals surface area contributed by atoms with Crippen LogP contribution in [0, 0.1) is 0 Å². The Bertz CT molecular complexity index is 1270. The molecule has 0 radical (unpaired) electrons. The van der Waals surface area contributed by atoms with Crippen molar-refractivity contribution in [1.82, 2.24) is 14.5 Å². The van der Waals surface area contributed by atoms with Gasteiger partial charge in [0.15, 0.2) is 0 Å². The highest BCUT2D eigenvalue weighted by Gasteiger charge is 2.49. The first-order valence-electron chi connectivity index (χ1n) is 10.2. The summed E-state index contributed by atoms with van der Waals surface area (Å²) in [7, 11) is -4.58. The highest BCUT2D eigenvalue weighted by Crippen LogP contribution is 2.29. The maximum Gasteiger partial charge on any atom is 0.534 e. The summed E-state index contributed by atoms with van der Waals surface area (Å²) in [5, 5.41) is 0. The number of esters is 1. The molecule has 1 saturated heterocycles. The molecule has 2 aliphatic heterocycles. The van der Waals surface area contributed by atoms with Crippen molar-refractivity contribution in [2.75, 3.05) is 20.3 Å². The first-order chi connectivity index (χ1) is 16.0. The molecule has 1 fully saturated rings. The highest BCUT2D eigenvalue weighted by molar-refractivity contribution is 7.87. The number of carbonyl (C=O) groups excluding carboxylic acids is 2. The summed E-state index contributed by atoms with van der Waals surface area (Å²) in [6.07, 6.45) is 1.27. The van der Waals surface area contributed by atoms with E-state index in [-0.39, 0.29) is 25.6 Å². The van der Waals surface area contributed by atoms with E-state index in [9.17, 15) is 31.2 Å². The number of nitrogens with zero attached hydrogens (tertiary/aromatic N) is 3. The lowest BCUT2D eigenvalue weighted by Gasteiger charge is -2.29. The lowest BCUT2D eigenvalue weighted by molar-refractivity contribution is -0.127. The molecule has 1 aromatic carbocycles. The highest BCUT2D eigenvalue weighted by atomic mass is 32.2. The first-order valence-corrected chi connectivity index (χ1v) is 11.6. The molecular formula is C20H20F3N3O7S. The van der Waals surface area contributed by atoms with E-state index in [1.54, 1.807) is 18.2 Å². The van der Waals surface area contributed by atoms with Gasteiger partial charge in [-0.25, -0.2) is 9.78 Å². The predicted octanol–water partition coefficient (Wildman–Crippen LogP) is 2.09. The van der Waals surface area contributed by atoms with Crippen LogP contribution in [0.2, 0.25) is 0 Å². The zero-order valence-electron chi connectivity index (χ0n) is 17.9. The number of hydrogen-bond donors (Lipinski definition) is 0. The number of benzene rings is 1. The summed E-state index contributed by atoms with van der Waals surface area (Å²) in [6.45, 7) is 0.976. The van der Waals surface area contributed by atoms with E-state index >= 15 is 0 Å². The van der Waals surface area contributed by atoms with E-state index < -0.39 is 33.3 Å². The maximum absolute atomic E-state index is 12.5. The Morgan fingerprint density at radius 2 is 2.06 bits per heavy atom. The van der Waals surface area contributed by atoms with Crippen molar-refractivity contribution in [3.8, 4) is 0 Å². The predicted molar refractivity (Wildman–Crippen MR) is 110 cm³/mol. The summed E-state index contributed by atoms with van der Waals surface area (Å²) in [5.74, 6) is -1.35. The standard InChI is InChI=1S/C20H20F3N3O7S/c1-31-19(28)12-2-3-15-16(8-12)26(10-14-5-7-32-14)17(24-15)11-25-6-4-13(9-18(25)27)33-34(29,30)20(21,22)23/h2-3,8-9,14H,4-7,10-11H2,1H3/t14-/m0/s1. The SMILES string of the molecule is COC(=O)c1ccc2nc(CN3CCC(OS(=O)(=O)C(F)(F)F)=CC3=O)n(C[C@@H]3CCO3)c2c1. The number of halogens is 3. The summed E-state index contributed by atoms with van der Waals surface area (Å²) in [4.78, 5) is 30.3. The van der Waals surface area contributed by atoms with Crippen LogP contribution in [0.1, 0.15) is 29.0 Å². The molecule has 4 rings (SSSR count). The quantitative estimate of drug-likeness (QED) is 0.320. The van der Waals surface area contributed by atoms with Crippen LogP contribution in [0.5, 0.6) is 0 Å². The van der Waals surface area contributed by atoms with E-state index in [4.69, 9.17) is 9.47 Å². The molecule has 0 aliphatic carbocycles. The van der Waals surface area contributed by atoms with Gasteiger partial charge in [0.2, 0.25) is 5.91 Å². The molecule has 1 atom stereocenters. The van der Waals surface area contributed by atoms with Crippen LogP contribution >= 0.6 is 0 Å². The third-order valence-corrected chi connectivity index (χ3v) is 6.49. The van der Waals surface area contributed by atoms with Crippen LogP contribution in [0.4, 0.5) is 13.2 Å². The van der Waals surface area contributed by atoms with Gasteiger partial charge in [0.05, 0.1) is 42.9 Å². The third-order valence-electron chi connectivity index (χ3n) is 5.48. The maximum atomic E-state index is 12.5. The van der Waals surface area contributed by atoms with Crippen LogP contribution in [0.25, 0.3) is 11.0 Å². The van der Waals surface area contributed by atoms with E-state index in [1.807, 2.05) is 4.57 Å². The summed E-state index contributed by atoms with van der Waals surface area (Å²) >= 11 is 0. The Balaban J connectivity index is 1.59. The van der Waals surface area contributed by atoms with Gasteiger partial charge in [-0.2, -0.15) is 21.6 Å². The Hall–Kier alpha value is -3.13. The van der Waals surface area contributed by atoms with Crippen LogP contribution < -0.4 is 0 Å². The van der Waals surface area contributed by atoms with E-state index in [1.165, 1.54) is 12.0 Å². The lowest BCUT2D eigenvalue weighted by Crippen LogP contribution is -2.37. The Morgan fingerprint density at radius 3 is 2.65 bits per heavy atom. The number of imidazole rings is 1. The molecule has 0 N–H and O–H groups in total. The molecule has 14 heteroatoms. The summed E-state index contributed by atoms with van der Waals surface area (Å²) in [6, 6.07) is 4.84. The molecule has 0 spiro atoms. The molecular weight excluding hydrogens is 483 g/mol. The second kappa shape index (κ2) is 8.91. The average molecular weight is 503 g/mol. The zero-order chi connectivity index (χ0) is 24.7. The average Bonchev–Trinajstić information content (AvgIpc) is 3.07. The van der Waals surface area contributed by atoms with Crippen molar-refractivity contribution < 1.29 is 44.8 Å². The molecule has 184 valence electrons. The number of fused-ring (bicyclic) bond motifs is 1. The minimum absolute atomic E-state index is 0.00356. The van der Waals surface area contributed by atoms with E-state index in [2.05, 4.69) is 9.17 Å². The second-order valence-electron chi connectivity index (χ2n) is 7.72. The largest absolute Gasteiger partial charge is 0.534 e. The van der Waals surface area contributed by atoms with Crippen LogP contribution in [-0.4, -0.2) is 66.6 Å². The molecule has 0 unspecified atom stereocenters. The minimum Gasteiger partial charge on any atom is -0.465 e. The van der Waals surface area contributed by atoms with Gasteiger partial charge in [0.1, 0.15) is 11.6 Å². The van der Waals surface area contributed by atoms with Crippen LogP contribution in [0.3, 0.4) is 0 Å². The van der Waals surface area contributed by atoms with Crippen molar-refractivity contribution in [3.63, 3.8) is 0 Å². The molecule has 3 heterocycles. The molecule has 1 amide bonds. The van der Waals surface area contributed by atoms with E-state index in [0.717, 1.165) is 12.5 Å². The zero-order valence-corrected chi connectivity index (χ0v) is 18.7. The molecule has 34 heavy (non-hydrogen) atoms. The number of methoxy groups -OCH3 is 1. The van der Waals surface area contributed by atoms with E-state index in [0.29, 0.717) is 35.6 Å². The number of ether oxygens (including phenoxy) is 2. The van der Waals surface area contributed by atoms with Gasteiger partial charge in [-0.3, -0.25) is 4.79 Å². The molecule has 2 aliphatic rings. The van der Waals surface area contributed by atoms with Crippen molar-refractivity contribution in [2.24, 2.45) is 0 Å². The van der Waals surface area contributed by atoms with Crippen molar-refractivity contribution in [2.45, 2.75) is 37.5 Å². The first kappa shape index (κ1) is 24.0. The van der Waals surface area contributed by atoms with Crippen LogP contribution in [0.15, 0.2) is 30.0 Å². The number of rotatable bonds is 7. The number of amides is 1. The van der Waals surface area contributed by atoms with Gasteiger partial charge < -0.3 is 23.1 Å². The smallest absolute Gasteiger partial charge is 0.465 e. The van der Waals surface area contributed by atoms with Gasteiger partial charge in [-0.05, 0) is 24.6 Å². The fourth-order valence-electron chi connectivity index (χ4n) is 3.61. The van der Waals surface area contributed by atoms with Gasteiger partial charge in [0.25, 0.3) is 0 Å². The van der Waals surface area contributed by atoms with Gasteiger partial charge in [-0.1, -0.05) is 0 Å². The van der Waals surface area contributed by atoms with Crippen molar-refractivity contribution in [3.05, 3.63) is 41.4 Å². The Morgan fingerprint density at radius 1 is 1.32 bits per heavy atom. The number of aromatic nitrogens is 2. The summed E-state index contributed by atoms with van der Waals surface area (Å²) in [5.41, 5.74) is -4.07. The number of alkyl halides is 3. The molecule has 0 saturated carbocycles. The van der Waals surface area contributed by atoms with Gasteiger partial charge in [-0.15, -0.1) is 0 Å². The molecule has 2 aromatic rings. The monoisotopic (exact) mass is 503 g/mol. The molecule has 1 aromatic heterocycles. The van der Waals surface area contributed by atoms with Crippen LogP contribution in [-0.2, 0) is 41.7 Å². The Labute approximate surface area is 192 Å². The van der Waals surface area contributed by atoms with Crippen molar-refractivity contribution >= 4 is 33.0 Å². The van der Waals surface area contributed by atoms with Crippen molar-refractivity contribution in [1.29, 1.82) is 0 Å². The third kappa shape index (κ3) is 4.73. The number of carbonyl (C=O) groups is 2. The molecule has 10 nitrogen and oxygen atoms in total. The van der Waals surface area contributed by atoms with Gasteiger partial charge in [0, 0.05) is 25.6 Å². The fourth-order valence-corrected chi connectivity index (χ4v) is 4.12. The minimum atomic E-state index is -5.85. The topological polar surface area (TPSA) is 117 Å². The number of hydrogen-bond acceptors (Lipinski definition) is 8.